The lowest BCUT2D eigenvalue weighted by atomic mass is 10.3. The van der Waals surface area contributed by atoms with Crippen molar-refractivity contribution >= 4 is 16.8 Å². The van der Waals surface area contributed by atoms with Crippen molar-refractivity contribution in [1.29, 1.82) is 0 Å². The molecular formula is C7H8N3O2S-. The van der Waals surface area contributed by atoms with Crippen LogP contribution in [0.15, 0.2) is 28.6 Å². The smallest absolute Gasteiger partial charge is 0.122 e. The monoisotopic (exact) mass is 198 g/mol. The molecule has 0 spiro atoms. The van der Waals surface area contributed by atoms with Gasteiger partial charge in [0.05, 0.1) is 6.20 Å². The molecular weight excluding hydrogens is 190 g/mol. The highest BCUT2D eigenvalue weighted by atomic mass is 32.2. The van der Waals surface area contributed by atoms with Gasteiger partial charge in [0.2, 0.25) is 0 Å². The number of aromatic nitrogens is 1. The van der Waals surface area contributed by atoms with Gasteiger partial charge in [-0.2, -0.15) is 10.2 Å². The Bertz CT molecular complexity index is 323. The molecule has 1 heterocycles. The zero-order chi connectivity index (χ0) is 9.68. The van der Waals surface area contributed by atoms with E-state index in [9.17, 15) is 8.76 Å². The molecule has 0 radical (unpaired) electrons. The SMILES string of the molecule is Cc1ccc(N=NCS(=O)[O-])cn1. The summed E-state index contributed by atoms with van der Waals surface area (Å²) in [6.07, 6.45) is 1.53. The molecule has 1 atom stereocenters. The number of hydrogen-bond donors (Lipinski definition) is 0. The Hall–Kier alpha value is -1.14. The van der Waals surface area contributed by atoms with Crippen LogP contribution in [0.25, 0.3) is 0 Å². The zero-order valence-electron chi connectivity index (χ0n) is 7.01. The first-order valence-corrected chi connectivity index (χ1v) is 4.79. The van der Waals surface area contributed by atoms with Crippen LogP contribution >= 0.6 is 0 Å². The first-order valence-electron chi connectivity index (χ1n) is 3.54. The Balaban J connectivity index is 2.59. The molecule has 5 nitrogen and oxygen atoms in total. The summed E-state index contributed by atoms with van der Waals surface area (Å²) in [4.78, 5) is 3.97. The van der Waals surface area contributed by atoms with Gasteiger partial charge >= 0.3 is 0 Å². The average molecular weight is 198 g/mol. The molecule has 0 fully saturated rings. The maximum Gasteiger partial charge on any atom is 0.122 e. The lowest BCUT2D eigenvalue weighted by Crippen LogP contribution is -1.89. The fourth-order valence-corrected chi connectivity index (χ4v) is 0.829. The molecule has 0 aliphatic rings. The highest BCUT2D eigenvalue weighted by molar-refractivity contribution is 7.79. The van der Waals surface area contributed by atoms with Gasteiger partial charge in [0.15, 0.2) is 0 Å². The summed E-state index contributed by atoms with van der Waals surface area (Å²) in [6, 6.07) is 3.50. The predicted molar refractivity (Wildman–Crippen MR) is 47.3 cm³/mol. The van der Waals surface area contributed by atoms with Crippen molar-refractivity contribution in [3.63, 3.8) is 0 Å². The van der Waals surface area contributed by atoms with Crippen molar-refractivity contribution in [2.75, 3.05) is 5.88 Å². The molecule has 0 saturated heterocycles. The number of aryl methyl sites for hydroxylation is 1. The Morgan fingerprint density at radius 1 is 1.62 bits per heavy atom. The molecule has 70 valence electrons. The van der Waals surface area contributed by atoms with Crippen molar-refractivity contribution in [3.8, 4) is 0 Å². The van der Waals surface area contributed by atoms with Crippen LogP contribution in [0.4, 0.5) is 5.69 Å². The van der Waals surface area contributed by atoms with Gasteiger partial charge in [-0.15, -0.1) is 0 Å². The molecule has 0 saturated carbocycles. The van der Waals surface area contributed by atoms with Crippen molar-refractivity contribution in [2.45, 2.75) is 6.92 Å². The number of hydrogen-bond acceptors (Lipinski definition) is 5. The number of nitrogens with zero attached hydrogens (tertiary/aromatic N) is 3. The normalized spacial score (nSPS) is 13.4. The van der Waals surface area contributed by atoms with E-state index in [1.807, 2.05) is 6.92 Å². The number of rotatable bonds is 3. The van der Waals surface area contributed by atoms with E-state index < -0.39 is 11.1 Å². The van der Waals surface area contributed by atoms with E-state index in [1.54, 1.807) is 12.1 Å². The molecule has 1 aromatic rings. The summed E-state index contributed by atoms with van der Waals surface area (Å²) in [5.74, 6) is -0.312. The summed E-state index contributed by atoms with van der Waals surface area (Å²) in [6.45, 7) is 1.85. The molecule has 0 aromatic carbocycles. The van der Waals surface area contributed by atoms with Gasteiger partial charge in [0, 0.05) is 5.69 Å². The van der Waals surface area contributed by atoms with Crippen LogP contribution in [0.3, 0.4) is 0 Å². The summed E-state index contributed by atoms with van der Waals surface area (Å²) in [5.41, 5.74) is 1.43. The van der Waals surface area contributed by atoms with Crippen LogP contribution in [0.1, 0.15) is 5.69 Å². The molecule has 13 heavy (non-hydrogen) atoms. The second-order valence-corrected chi connectivity index (χ2v) is 3.20. The molecule has 0 bridgehead atoms. The van der Waals surface area contributed by atoms with Crippen LogP contribution < -0.4 is 0 Å². The summed E-state index contributed by atoms with van der Waals surface area (Å²) >= 11 is -2.17. The van der Waals surface area contributed by atoms with E-state index >= 15 is 0 Å². The minimum Gasteiger partial charge on any atom is -0.771 e. The number of pyridine rings is 1. The standard InChI is InChI=1S/C7H9N3O2S/c1-6-2-3-7(4-8-6)10-9-5-13(11)12/h2-4H,5H2,1H3,(H,11,12)/p-1. The Labute approximate surface area is 78.2 Å². The van der Waals surface area contributed by atoms with Crippen LogP contribution in [0.2, 0.25) is 0 Å². The van der Waals surface area contributed by atoms with E-state index in [0.717, 1.165) is 5.69 Å². The third kappa shape index (κ3) is 3.86. The van der Waals surface area contributed by atoms with Gasteiger partial charge in [-0.3, -0.25) is 9.19 Å². The molecule has 0 aliphatic carbocycles. The summed E-state index contributed by atoms with van der Waals surface area (Å²) < 4.78 is 20.1. The highest BCUT2D eigenvalue weighted by Gasteiger charge is 1.88. The zero-order valence-corrected chi connectivity index (χ0v) is 7.82. The van der Waals surface area contributed by atoms with E-state index in [-0.39, 0.29) is 5.88 Å². The predicted octanol–water partition coefficient (Wildman–Crippen LogP) is 1.31. The maximum absolute atomic E-state index is 10.1. The Kier molecular flexibility index (Phi) is 3.66. The minimum atomic E-state index is -2.17. The summed E-state index contributed by atoms with van der Waals surface area (Å²) in [7, 11) is 0. The fourth-order valence-electron chi connectivity index (χ4n) is 0.677. The van der Waals surface area contributed by atoms with Crippen LogP contribution in [0.5, 0.6) is 0 Å². The number of azo groups is 1. The van der Waals surface area contributed by atoms with Gasteiger partial charge < -0.3 is 4.55 Å². The van der Waals surface area contributed by atoms with E-state index in [1.165, 1.54) is 6.20 Å². The van der Waals surface area contributed by atoms with Crippen LogP contribution in [0, 0.1) is 6.92 Å². The van der Waals surface area contributed by atoms with Crippen molar-refractivity contribution in [2.24, 2.45) is 10.2 Å². The second kappa shape index (κ2) is 4.78. The molecule has 1 unspecified atom stereocenters. The third-order valence-corrected chi connectivity index (χ3v) is 1.57. The van der Waals surface area contributed by atoms with Gasteiger partial charge in [0.25, 0.3) is 0 Å². The molecule has 1 aromatic heterocycles. The molecule has 1 rings (SSSR count). The molecule has 0 amide bonds. The maximum atomic E-state index is 10.1. The molecule has 0 aliphatic heterocycles. The van der Waals surface area contributed by atoms with Crippen LogP contribution in [-0.4, -0.2) is 19.6 Å². The first-order chi connectivity index (χ1) is 6.18. The average Bonchev–Trinajstić information content (AvgIpc) is 2.08. The van der Waals surface area contributed by atoms with Crippen molar-refractivity contribution in [3.05, 3.63) is 24.0 Å². The van der Waals surface area contributed by atoms with Gasteiger partial charge in [0.1, 0.15) is 11.6 Å². The van der Waals surface area contributed by atoms with Crippen molar-refractivity contribution in [1.82, 2.24) is 4.98 Å². The van der Waals surface area contributed by atoms with Crippen LogP contribution in [-0.2, 0) is 11.1 Å². The lowest BCUT2D eigenvalue weighted by molar-refractivity contribution is 0.536. The lowest BCUT2D eigenvalue weighted by Gasteiger charge is -1.97. The van der Waals surface area contributed by atoms with Gasteiger partial charge in [-0.25, -0.2) is 0 Å². The van der Waals surface area contributed by atoms with E-state index in [4.69, 9.17) is 0 Å². The Morgan fingerprint density at radius 3 is 2.92 bits per heavy atom. The minimum absolute atomic E-state index is 0.312. The molecule has 0 N–H and O–H groups in total. The van der Waals surface area contributed by atoms with Crippen molar-refractivity contribution < 1.29 is 8.76 Å². The van der Waals surface area contributed by atoms with E-state index in [0.29, 0.717) is 5.69 Å². The van der Waals surface area contributed by atoms with E-state index in [2.05, 4.69) is 15.2 Å². The fraction of sp³-hybridized carbons (Fsp3) is 0.286. The highest BCUT2D eigenvalue weighted by Crippen LogP contribution is 2.09. The summed E-state index contributed by atoms with van der Waals surface area (Å²) in [5, 5.41) is 7.10. The van der Waals surface area contributed by atoms with Gasteiger partial charge in [-0.1, -0.05) is 0 Å². The topological polar surface area (TPSA) is 77.7 Å². The largest absolute Gasteiger partial charge is 0.771 e. The second-order valence-electron chi connectivity index (χ2n) is 2.33. The Morgan fingerprint density at radius 2 is 2.38 bits per heavy atom. The first kappa shape index (κ1) is 9.94. The quantitative estimate of drug-likeness (QED) is 0.542. The van der Waals surface area contributed by atoms with Gasteiger partial charge in [-0.05, 0) is 30.1 Å². The third-order valence-electron chi connectivity index (χ3n) is 1.25. The molecule has 6 heteroatoms.